The zero-order valence-corrected chi connectivity index (χ0v) is 10.8. The SMILES string of the molecule is CSc1ccc2sc(Br)cc2c1Cl. The monoisotopic (exact) mass is 292 g/mol. The van der Waals surface area contributed by atoms with Gasteiger partial charge in [0.05, 0.1) is 8.81 Å². The van der Waals surface area contributed by atoms with Crippen LogP contribution >= 0.6 is 50.6 Å². The normalized spacial score (nSPS) is 11.0. The molecule has 0 fully saturated rings. The summed E-state index contributed by atoms with van der Waals surface area (Å²) in [5.74, 6) is 0. The van der Waals surface area contributed by atoms with E-state index in [9.17, 15) is 0 Å². The Hall–Kier alpha value is 0.300. The highest BCUT2D eigenvalue weighted by Gasteiger charge is 2.07. The quantitative estimate of drug-likeness (QED) is 0.664. The van der Waals surface area contributed by atoms with Gasteiger partial charge in [0.1, 0.15) is 0 Å². The Morgan fingerprint density at radius 3 is 2.92 bits per heavy atom. The van der Waals surface area contributed by atoms with E-state index in [2.05, 4.69) is 34.1 Å². The Labute approximate surface area is 98.4 Å². The number of thioether (sulfide) groups is 1. The summed E-state index contributed by atoms with van der Waals surface area (Å²) in [7, 11) is 0. The highest BCUT2D eigenvalue weighted by Crippen LogP contribution is 2.38. The van der Waals surface area contributed by atoms with Gasteiger partial charge in [-0.2, -0.15) is 0 Å². The minimum absolute atomic E-state index is 0.868. The largest absolute Gasteiger partial charge is 0.128 e. The van der Waals surface area contributed by atoms with Gasteiger partial charge in [-0.15, -0.1) is 23.1 Å². The minimum Gasteiger partial charge on any atom is -0.128 e. The molecule has 0 aliphatic rings. The third-order valence-electron chi connectivity index (χ3n) is 1.79. The fourth-order valence-electron chi connectivity index (χ4n) is 1.18. The molecule has 68 valence electrons. The standard InChI is InChI=1S/C9H6BrClS2/c1-12-7-3-2-6-5(9(7)11)4-8(10)13-6/h2-4H,1H3. The van der Waals surface area contributed by atoms with E-state index in [1.807, 2.05) is 6.26 Å². The summed E-state index contributed by atoms with van der Waals surface area (Å²) in [5.41, 5.74) is 0. The lowest BCUT2D eigenvalue weighted by atomic mass is 10.3. The zero-order valence-electron chi connectivity index (χ0n) is 6.80. The molecule has 0 spiro atoms. The summed E-state index contributed by atoms with van der Waals surface area (Å²) < 4.78 is 2.36. The van der Waals surface area contributed by atoms with E-state index in [-0.39, 0.29) is 0 Å². The number of rotatable bonds is 1. The van der Waals surface area contributed by atoms with Crippen LogP contribution in [0.5, 0.6) is 0 Å². The van der Waals surface area contributed by atoms with Gasteiger partial charge < -0.3 is 0 Å². The summed E-state index contributed by atoms with van der Waals surface area (Å²) in [6.07, 6.45) is 2.04. The van der Waals surface area contributed by atoms with Crippen molar-refractivity contribution in [3.8, 4) is 0 Å². The number of fused-ring (bicyclic) bond motifs is 1. The Bertz CT molecular complexity index is 450. The van der Waals surface area contributed by atoms with E-state index in [0.717, 1.165) is 19.1 Å². The molecule has 2 rings (SSSR count). The van der Waals surface area contributed by atoms with Crippen LogP contribution in [-0.2, 0) is 0 Å². The molecule has 1 aromatic carbocycles. The molecule has 1 aromatic heterocycles. The minimum atomic E-state index is 0.868. The fraction of sp³-hybridized carbons (Fsp3) is 0.111. The number of hydrogen-bond acceptors (Lipinski definition) is 2. The van der Waals surface area contributed by atoms with Crippen LogP contribution in [0.25, 0.3) is 10.1 Å². The van der Waals surface area contributed by atoms with Crippen LogP contribution in [0.1, 0.15) is 0 Å². The van der Waals surface area contributed by atoms with Crippen molar-refractivity contribution in [2.24, 2.45) is 0 Å². The van der Waals surface area contributed by atoms with Crippen molar-refractivity contribution in [3.63, 3.8) is 0 Å². The molecule has 0 aliphatic carbocycles. The molecule has 13 heavy (non-hydrogen) atoms. The van der Waals surface area contributed by atoms with Crippen LogP contribution < -0.4 is 0 Å². The Morgan fingerprint density at radius 1 is 1.46 bits per heavy atom. The predicted octanol–water partition coefficient (Wildman–Crippen LogP) is 5.04. The first-order valence-corrected chi connectivity index (χ1v) is 6.85. The maximum Gasteiger partial charge on any atom is 0.0711 e. The summed E-state index contributed by atoms with van der Waals surface area (Å²) in [6, 6.07) is 6.25. The molecule has 0 amide bonds. The lowest BCUT2D eigenvalue weighted by Crippen LogP contribution is -1.72. The first-order valence-electron chi connectivity index (χ1n) is 3.64. The molecule has 2 aromatic rings. The molecule has 0 radical (unpaired) electrons. The second-order valence-electron chi connectivity index (χ2n) is 2.54. The van der Waals surface area contributed by atoms with Gasteiger partial charge in [0.25, 0.3) is 0 Å². The molecule has 1 heterocycles. The number of benzene rings is 1. The van der Waals surface area contributed by atoms with Crippen molar-refractivity contribution < 1.29 is 0 Å². The Kier molecular flexibility index (Phi) is 2.88. The maximum atomic E-state index is 6.22. The molecule has 0 saturated carbocycles. The van der Waals surface area contributed by atoms with Crippen molar-refractivity contribution >= 4 is 60.7 Å². The lowest BCUT2D eigenvalue weighted by molar-refractivity contribution is 1.53. The van der Waals surface area contributed by atoms with Crippen molar-refractivity contribution in [3.05, 3.63) is 27.0 Å². The molecule has 0 unspecified atom stereocenters. The van der Waals surface area contributed by atoms with Gasteiger partial charge in [-0.3, -0.25) is 0 Å². The topological polar surface area (TPSA) is 0 Å². The van der Waals surface area contributed by atoms with Crippen molar-refractivity contribution in [1.82, 2.24) is 0 Å². The Morgan fingerprint density at radius 2 is 2.23 bits per heavy atom. The van der Waals surface area contributed by atoms with E-state index < -0.39 is 0 Å². The summed E-state index contributed by atoms with van der Waals surface area (Å²) in [6.45, 7) is 0. The van der Waals surface area contributed by atoms with Crippen LogP contribution in [-0.4, -0.2) is 6.26 Å². The van der Waals surface area contributed by atoms with E-state index in [1.165, 1.54) is 4.70 Å². The van der Waals surface area contributed by atoms with Gasteiger partial charge in [-0.1, -0.05) is 11.6 Å². The van der Waals surface area contributed by atoms with Gasteiger partial charge in [-0.25, -0.2) is 0 Å². The van der Waals surface area contributed by atoms with Crippen molar-refractivity contribution in [1.29, 1.82) is 0 Å². The molecule has 0 bridgehead atoms. The van der Waals surface area contributed by atoms with Crippen LogP contribution in [0.4, 0.5) is 0 Å². The molecule has 4 heteroatoms. The maximum absolute atomic E-state index is 6.22. The molecule has 0 nitrogen and oxygen atoms in total. The third-order valence-corrected chi connectivity index (χ3v) is 4.69. The molecular weight excluding hydrogens is 288 g/mol. The molecule has 0 atom stereocenters. The second-order valence-corrected chi connectivity index (χ2v) is 6.23. The van der Waals surface area contributed by atoms with Gasteiger partial charge in [0.15, 0.2) is 0 Å². The van der Waals surface area contributed by atoms with E-state index in [1.54, 1.807) is 23.1 Å². The van der Waals surface area contributed by atoms with Crippen LogP contribution in [0, 0.1) is 0 Å². The average molecular weight is 294 g/mol. The van der Waals surface area contributed by atoms with E-state index in [0.29, 0.717) is 0 Å². The summed E-state index contributed by atoms with van der Waals surface area (Å²) in [4.78, 5) is 1.14. The van der Waals surface area contributed by atoms with Crippen LogP contribution in [0.2, 0.25) is 5.02 Å². The first-order chi connectivity index (χ1) is 6.22. The van der Waals surface area contributed by atoms with Gasteiger partial charge in [0, 0.05) is 15.0 Å². The molecular formula is C9H6BrClS2. The summed E-state index contributed by atoms with van der Waals surface area (Å²) in [5, 5.41) is 2.01. The van der Waals surface area contributed by atoms with E-state index >= 15 is 0 Å². The highest BCUT2D eigenvalue weighted by atomic mass is 79.9. The smallest absolute Gasteiger partial charge is 0.0711 e. The molecule has 0 saturated heterocycles. The number of thiophene rings is 1. The highest BCUT2D eigenvalue weighted by molar-refractivity contribution is 9.11. The van der Waals surface area contributed by atoms with Crippen molar-refractivity contribution in [2.75, 3.05) is 6.26 Å². The second kappa shape index (κ2) is 3.81. The first kappa shape index (κ1) is 9.84. The van der Waals surface area contributed by atoms with Crippen molar-refractivity contribution in [2.45, 2.75) is 4.90 Å². The van der Waals surface area contributed by atoms with Crippen LogP contribution in [0.3, 0.4) is 0 Å². The van der Waals surface area contributed by atoms with Gasteiger partial charge >= 0.3 is 0 Å². The predicted molar refractivity (Wildman–Crippen MR) is 66.3 cm³/mol. The molecule has 0 aliphatic heterocycles. The Balaban J connectivity index is 2.78. The third kappa shape index (κ3) is 1.75. The fourth-order valence-corrected chi connectivity index (χ4v) is 3.73. The number of hydrogen-bond donors (Lipinski definition) is 0. The van der Waals surface area contributed by atoms with Crippen LogP contribution in [0.15, 0.2) is 26.9 Å². The lowest BCUT2D eigenvalue weighted by Gasteiger charge is -2.00. The van der Waals surface area contributed by atoms with E-state index in [4.69, 9.17) is 11.6 Å². The van der Waals surface area contributed by atoms with Gasteiger partial charge in [0.2, 0.25) is 0 Å². The van der Waals surface area contributed by atoms with Gasteiger partial charge in [-0.05, 0) is 40.4 Å². The zero-order chi connectivity index (χ0) is 9.42. The number of halogens is 2. The summed E-state index contributed by atoms with van der Waals surface area (Å²) >= 11 is 13.1. The average Bonchev–Trinajstić information content (AvgIpc) is 2.47. The molecule has 0 N–H and O–H groups in total.